The second-order valence-electron chi connectivity index (χ2n) is 4.85. The summed E-state index contributed by atoms with van der Waals surface area (Å²) in [4.78, 5) is 11.5. The molecular weight excluding hydrogens is 262 g/mol. The Morgan fingerprint density at radius 3 is 2.76 bits per heavy atom. The number of aromatic nitrogens is 1. The molecular formula is C17H13N3O. The van der Waals surface area contributed by atoms with Crippen molar-refractivity contribution in [2.24, 2.45) is 5.73 Å². The first-order valence-corrected chi connectivity index (χ1v) is 6.56. The van der Waals surface area contributed by atoms with Gasteiger partial charge in [0.05, 0.1) is 11.6 Å². The number of primary amides is 1. The van der Waals surface area contributed by atoms with Gasteiger partial charge in [0.1, 0.15) is 0 Å². The zero-order chi connectivity index (χ0) is 14.8. The molecule has 0 fully saturated rings. The monoisotopic (exact) mass is 275 g/mol. The minimum atomic E-state index is -0.431. The van der Waals surface area contributed by atoms with Gasteiger partial charge in [-0.1, -0.05) is 24.3 Å². The molecule has 0 saturated carbocycles. The van der Waals surface area contributed by atoms with Crippen molar-refractivity contribution in [3.8, 4) is 6.07 Å². The third-order valence-corrected chi connectivity index (χ3v) is 3.53. The predicted molar refractivity (Wildman–Crippen MR) is 80.7 cm³/mol. The maximum atomic E-state index is 11.5. The molecule has 0 aliphatic carbocycles. The Bertz CT molecular complexity index is 871. The van der Waals surface area contributed by atoms with Crippen molar-refractivity contribution >= 4 is 16.8 Å². The molecule has 0 aliphatic heterocycles. The summed E-state index contributed by atoms with van der Waals surface area (Å²) >= 11 is 0. The number of amides is 1. The van der Waals surface area contributed by atoms with Crippen LogP contribution in [0, 0.1) is 11.3 Å². The van der Waals surface area contributed by atoms with Crippen molar-refractivity contribution in [3.05, 3.63) is 71.4 Å². The fraction of sp³-hybridized carbons (Fsp3) is 0.0588. The third-order valence-electron chi connectivity index (χ3n) is 3.53. The molecule has 0 unspecified atom stereocenters. The first-order chi connectivity index (χ1) is 10.2. The van der Waals surface area contributed by atoms with Gasteiger partial charge in [0.2, 0.25) is 5.91 Å². The van der Waals surface area contributed by atoms with Crippen LogP contribution in [-0.4, -0.2) is 10.5 Å². The molecule has 2 N–H and O–H groups in total. The van der Waals surface area contributed by atoms with Gasteiger partial charge in [0.15, 0.2) is 0 Å². The van der Waals surface area contributed by atoms with Gasteiger partial charge in [-0.05, 0) is 35.2 Å². The van der Waals surface area contributed by atoms with Gasteiger partial charge >= 0.3 is 0 Å². The molecule has 4 heteroatoms. The molecule has 0 aliphatic rings. The first kappa shape index (κ1) is 12.9. The number of nitriles is 1. The van der Waals surface area contributed by atoms with Crippen molar-refractivity contribution in [2.45, 2.75) is 6.54 Å². The number of fused-ring (bicyclic) bond motifs is 1. The summed E-state index contributed by atoms with van der Waals surface area (Å²) in [5, 5.41) is 10.1. The zero-order valence-corrected chi connectivity index (χ0v) is 11.3. The van der Waals surface area contributed by atoms with Crippen molar-refractivity contribution in [1.82, 2.24) is 4.57 Å². The molecule has 0 bridgehead atoms. The molecule has 3 aromatic rings. The minimum Gasteiger partial charge on any atom is -0.366 e. The van der Waals surface area contributed by atoms with E-state index in [4.69, 9.17) is 11.0 Å². The highest BCUT2D eigenvalue weighted by Crippen LogP contribution is 2.20. The quantitative estimate of drug-likeness (QED) is 0.798. The van der Waals surface area contributed by atoms with E-state index in [2.05, 4.69) is 6.07 Å². The van der Waals surface area contributed by atoms with E-state index in [0.717, 1.165) is 16.5 Å². The zero-order valence-electron chi connectivity index (χ0n) is 11.3. The average Bonchev–Trinajstić information content (AvgIpc) is 2.90. The van der Waals surface area contributed by atoms with Crippen LogP contribution >= 0.6 is 0 Å². The summed E-state index contributed by atoms with van der Waals surface area (Å²) in [6, 6.07) is 17.0. The fourth-order valence-electron chi connectivity index (χ4n) is 2.47. The second-order valence-corrected chi connectivity index (χ2v) is 4.85. The van der Waals surface area contributed by atoms with Crippen molar-refractivity contribution < 1.29 is 4.79 Å². The molecule has 0 atom stereocenters. The van der Waals surface area contributed by atoms with E-state index >= 15 is 0 Å². The summed E-state index contributed by atoms with van der Waals surface area (Å²) in [5.41, 5.74) is 8.38. The van der Waals surface area contributed by atoms with E-state index in [-0.39, 0.29) is 0 Å². The van der Waals surface area contributed by atoms with Crippen LogP contribution < -0.4 is 5.73 Å². The van der Waals surface area contributed by atoms with Crippen LogP contribution in [0.25, 0.3) is 10.9 Å². The maximum absolute atomic E-state index is 11.5. The van der Waals surface area contributed by atoms with Crippen molar-refractivity contribution in [2.75, 3.05) is 0 Å². The van der Waals surface area contributed by atoms with Crippen LogP contribution in [0.2, 0.25) is 0 Å². The van der Waals surface area contributed by atoms with Crippen LogP contribution in [0.3, 0.4) is 0 Å². The van der Waals surface area contributed by atoms with Crippen molar-refractivity contribution in [1.29, 1.82) is 5.26 Å². The predicted octanol–water partition coefficient (Wildman–Crippen LogP) is 2.66. The first-order valence-electron chi connectivity index (χ1n) is 6.56. The van der Waals surface area contributed by atoms with Crippen LogP contribution in [0.15, 0.2) is 54.7 Å². The molecule has 1 aromatic heterocycles. The van der Waals surface area contributed by atoms with E-state index in [9.17, 15) is 4.79 Å². The summed E-state index contributed by atoms with van der Waals surface area (Å²) in [7, 11) is 0. The molecule has 102 valence electrons. The lowest BCUT2D eigenvalue weighted by Crippen LogP contribution is -2.14. The Hall–Kier alpha value is -3.06. The van der Waals surface area contributed by atoms with E-state index in [1.54, 1.807) is 18.2 Å². The standard InChI is InChI=1S/C17H13N3O/c18-10-12-5-6-13-7-8-20(16(13)9-12)11-14-3-1-2-4-15(14)17(19)21/h1-9H,11H2,(H2,19,21). The molecule has 3 rings (SSSR count). The SMILES string of the molecule is N#Cc1ccc2ccn(Cc3ccccc3C(N)=O)c2c1. The Morgan fingerprint density at radius 1 is 1.19 bits per heavy atom. The summed E-state index contributed by atoms with van der Waals surface area (Å²) < 4.78 is 2.01. The molecule has 1 amide bonds. The number of nitrogens with two attached hydrogens (primary N) is 1. The highest BCUT2D eigenvalue weighted by molar-refractivity contribution is 5.94. The molecule has 0 radical (unpaired) electrons. The van der Waals surface area contributed by atoms with Crippen LogP contribution in [0.5, 0.6) is 0 Å². The largest absolute Gasteiger partial charge is 0.366 e. The maximum Gasteiger partial charge on any atom is 0.249 e. The lowest BCUT2D eigenvalue weighted by atomic mass is 10.1. The number of benzene rings is 2. The molecule has 21 heavy (non-hydrogen) atoms. The van der Waals surface area contributed by atoms with Crippen LogP contribution in [0.1, 0.15) is 21.5 Å². The topological polar surface area (TPSA) is 71.8 Å². The number of nitrogens with zero attached hydrogens (tertiary/aromatic N) is 2. The van der Waals surface area contributed by atoms with Gasteiger partial charge < -0.3 is 10.3 Å². The molecule has 1 heterocycles. The van der Waals surface area contributed by atoms with Gasteiger partial charge in [-0.3, -0.25) is 4.79 Å². The van der Waals surface area contributed by atoms with Gasteiger partial charge in [-0.2, -0.15) is 5.26 Å². The Labute approximate surface area is 122 Å². The Kier molecular flexibility index (Phi) is 3.17. The van der Waals surface area contributed by atoms with Gasteiger partial charge in [0.25, 0.3) is 0 Å². The smallest absolute Gasteiger partial charge is 0.249 e. The number of rotatable bonds is 3. The Morgan fingerprint density at radius 2 is 2.00 bits per heavy atom. The highest BCUT2D eigenvalue weighted by atomic mass is 16.1. The summed E-state index contributed by atoms with van der Waals surface area (Å²) in [6.45, 7) is 0.539. The molecule has 0 saturated heterocycles. The Balaban J connectivity index is 2.07. The highest BCUT2D eigenvalue weighted by Gasteiger charge is 2.09. The number of carbonyl (C=O) groups is 1. The summed E-state index contributed by atoms with van der Waals surface area (Å²) in [6.07, 6.45) is 1.95. The van der Waals surface area contributed by atoms with Gasteiger partial charge in [-0.25, -0.2) is 0 Å². The fourth-order valence-corrected chi connectivity index (χ4v) is 2.47. The molecule has 0 spiro atoms. The summed E-state index contributed by atoms with van der Waals surface area (Å²) in [5.74, 6) is -0.431. The van der Waals surface area contributed by atoms with E-state index in [0.29, 0.717) is 17.7 Å². The van der Waals surface area contributed by atoms with Crippen LogP contribution in [0.4, 0.5) is 0 Å². The van der Waals surface area contributed by atoms with E-state index in [1.165, 1.54) is 0 Å². The number of carbonyl (C=O) groups excluding carboxylic acids is 1. The van der Waals surface area contributed by atoms with E-state index < -0.39 is 5.91 Å². The molecule has 2 aromatic carbocycles. The third kappa shape index (κ3) is 2.37. The lowest BCUT2D eigenvalue weighted by Gasteiger charge is -2.09. The van der Waals surface area contributed by atoms with Crippen LogP contribution in [-0.2, 0) is 6.54 Å². The number of hydrogen-bond donors (Lipinski definition) is 1. The van der Waals surface area contributed by atoms with Gasteiger partial charge in [-0.15, -0.1) is 0 Å². The number of hydrogen-bond acceptors (Lipinski definition) is 2. The minimum absolute atomic E-state index is 0.431. The van der Waals surface area contributed by atoms with Crippen molar-refractivity contribution in [3.63, 3.8) is 0 Å². The van der Waals surface area contributed by atoms with E-state index in [1.807, 2.05) is 41.1 Å². The molecule has 4 nitrogen and oxygen atoms in total. The average molecular weight is 275 g/mol. The second kappa shape index (κ2) is 5.14. The van der Waals surface area contributed by atoms with Gasteiger partial charge in [0, 0.05) is 23.8 Å². The normalized spacial score (nSPS) is 10.4. The lowest BCUT2D eigenvalue weighted by molar-refractivity contribution is 0.0999.